The van der Waals surface area contributed by atoms with Crippen LogP contribution < -0.4 is 0 Å². The van der Waals surface area contributed by atoms with Crippen LogP contribution in [0.25, 0.3) is 0 Å². The van der Waals surface area contributed by atoms with Crippen LogP contribution in [0.3, 0.4) is 0 Å². The normalized spacial score (nSPS) is 10.3. The van der Waals surface area contributed by atoms with Crippen molar-refractivity contribution in [2.45, 2.75) is 6.42 Å². The fourth-order valence-electron chi connectivity index (χ4n) is 0.931. The summed E-state index contributed by atoms with van der Waals surface area (Å²) in [6.07, 6.45) is 6.55. The lowest BCUT2D eigenvalue weighted by Gasteiger charge is -1.90. The number of hydrogen-bond donors (Lipinski definition) is 1. The number of hydrogen-bond acceptors (Lipinski definition) is 3. The first kappa shape index (κ1) is 7.49. The van der Waals surface area contributed by atoms with Gasteiger partial charge < -0.3 is 0 Å². The second kappa shape index (κ2) is 3.49. The molecule has 0 aromatic carbocycles. The molecule has 0 atom stereocenters. The Balaban J connectivity index is 1.91. The van der Waals surface area contributed by atoms with E-state index in [-0.39, 0.29) is 0 Å². The van der Waals surface area contributed by atoms with E-state index < -0.39 is 0 Å². The van der Waals surface area contributed by atoms with Gasteiger partial charge in [0, 0.05) is 30.6 Å². The topological polar surface area (TPSA) is 41.6 Å². The van der Waals surface area contributed by atoms with Crippen molar-refractivity contribution in [3.63, 3.8) is 0 Å². The number of rotatable bonds is 3. The van der Waals surface area contributed by atoms with Crippen molar-refractivity contribution in [1.82, 2.24) is 15.2 Å². The quantitative estimate of drug-likeness (QED) is 0.776. The molecule has 3 nitrogen and oxygen atoms in total. The molecule has 0 unspecified atom stereocenters. The van der Waals surface area contributed by atoms with Crippen LogP contribution in [0.1, 0.15) is 10.7 Å². The predicted molar refractivity (Wildman–Crippen MR) is 47.8 cm³/mol. The van der Waals surface area contributed by atoms with E-state index in [2.05, 4.69) is 21.6 Å². The second-order valence-corrected chi connectivity index (χ2v) is 3.31. The molecule has 2 heterocycles. The Morgan fingerprint density at radius 3 is 3.25 bits per heavy atom. The van der Waals surface area contributed by atoms with E-state index in [1.165, 1.54) is 0 Å². The Kier molecular flexibility index (Phi) is 2.18. The monoisotopic (exact) mass is 178 g/mol. The molecule has 0 aliphatic heterocycles. The summed E-state index contributed by atoms with van der Waals surface area (Å²) < 4.78 is 0. The summed E-state index contributed by atoms with van der Waals surface area (Å²) in [4.78, 5) is 4.16. The number of thiazole rings is 1. The number of nitrogens with zero attached hydrogens (tertiary/aromatic N) is 2. The molecule has 1 radical (unpaired) electrons. The summed E-state index contributed by atoms with van der Waals surface area (Å²) in [5.41, 5.74) is 0.977. The minimum absolute atomic E-state index is 0.864. The van der Waals surface area contributed by atoms with Gasteiger partial charge in [-0.2, -0.15) is 5.10 Å². The third kappa shape index (κ3) is 1.71. The van der Waals surface area contributed by atoms with E-state index in [1.807, 2.05) is 23.8 Å². The van der Waals surface area contributed by atoms with Crippen LogP contribution in [-0.2, 0) is 6.42 Å². The zero-order chi connectivity index (χ0) is 8.23. The SMILES string of the molecule is [CH](Cc1nccs1)c1cc[nH]n1. The van der Waals surface area contributed by atoms with Crippen LogP contribution in [-0.4, -0.2) is 15.2 Å². The smallest absolute Gasteiger partial charge is 0.0931 e. The van der Waals surface area contributed by atoms with Gasteiger partial charge in [0.25, 0.3) is 0 Å². The summed E-state index contributed by atoms with van der Waals surface area (Å²) in [6.45, 7) is 0. The van der Waals surface area contributed by atoms with E-state index in [0.29, 0.717) is 0 Å². The summed E-state index contributed by atoms with van der Waals surface area (Å²) in [7, 11) is 0. The Hall–Kier alpha value is -1.16. The van der Waals surface area contributed by atoms with E-state index in [4.69, 9.17) is 0 Å². The van der Waals surface area contributed by atoms with E-state index >= 15 is 0 Å². The lowest BCUT2D eigenvalue weighted by atomic mass is 10.2. The highest BCUT2D eigenvalue weighted by Gasteiger charge is 1.98. The van der Waals surface area contributed by atoms with Gasteiger partial charge in [0.1, 0.15) is 0 Å². The van der Waals surface area contributed by atoms with E-state index in [1.54, 1.807) is 11.3 Å². The summed E-state index contributed by atoms with van der Waals surface area (Å²) in [5, 5.41) is 9.88. The standard InChI is InChI=1S/C8H8N3S/c1(7-3-4-10-11-7)2-8-9-5-6-12-8/h1,3-6H,2H2,(H,10,11). The molecule has 61 valence electrons. The van der Waals surface area contributed by atoms with Gasteiger partial charge in [0.2, 0.25) is 0 Å². The molecule has 0 spiro atoms. The highest BCUT2D eigenvalue weighted by atomic mass is 32.1. The molecule has 0 saturated heterocycles. The first-order valence-corrected chi connectivity index (χ1v) is 4.54. The summed E-state index contributed by atoms with van der Waals surface area (Å²) >= 11 is 1.66. The lowest BCUT2D eigenvalue weighted by Crippen LogP contribution is -1.87. The second-order valence-electron chi connectivity index (χ2n) is 2.33. The molecule has 0 amide bonds. The van der Waals surface area contributed by atoms with Crippen molar-refractivity contribution in [3.8, 4) is 0 Å². The molecule has 4 heteroatoms. The summed E-state index contributed by atoms with van der Waals surface area (Å²) in [6, 6.07) is 1.94. The first-order chi connectivity index (χ1) is 5.95. The maximum Gasteiger partial charge on any atom is 0.0931 e. The zero-order valence-corrected chi connectivity index (χ0v) is 7.21. The molecular weight excluding hydrogens is 170 g/mol. The van der Waals surface area contributed by atoms with Crippen molar-refractivity contribution >= 4 is 11.3 Å². The Bertz CT molecular complexity index is 278. The average Bonchev–Trinajstić information content (AvgIpc) is 2.74. The van der Waals surface area contributed by atoms with Crippen molar-refractivity contribution in [2.24, 2.45) is 0 Å². The fraction of sp³-hybridized carbons (Fsp3) is 0.125. The third-order valence-corrected chi connectivity index (χ3v) is 2.29. The average molecular weight is 178 g/mol. The number of aromatic nitrogens is 3. The number of aromatic amines is 1. The molecule has 0 aliphatic rings. The number of nitrogens with one attached hydrogen (secondary N) is 1. The van der Waals surface area contributed by atoms with Gasteiger partial charge in [-0.3, -0.25) is 5.10 Å². The van der Waals surface area contributed by atoms with Gasteiger partial charge in [-0.15, -0.1) is 11.3 Å². The van der Waals surface area contributed by atoms with Gasteiger partial charge in [-0.05, 0) is 6.07 Å². The molecule has 2 rings (SSSR count). The Morgan fingerprint density at radius 2 is 2.58 bits per heavy atom. The van der Waals surface area contributed by atoms with Crippen LogP contribution in [0.5, 0.6) is 0 Å². The molecule has 2 aromatic heterocycles. The van der Waals surface area contributed by atoms with Crippen LogP contribution in [0, 0.1) is 6.42 Å². The maximum atomic E-state index is 4.16. The van der Waals surface area contributed by atoms with Crippen molar-refractivity contribution in [2.75, 3.05) is 0 Å². The third-order valence-electron chi connectivity index (χ3n) is 1.49. The Labute approximate surface area is 74.5 Å². The van der Waals surface area contributed by atoms with Crippen LogP contribution in [0.4, 0.5) is 0 Å². The zero-order valence-electron chi connectivity index (χ0n) is 6.40. The highest BCUT2D eigenvalue weighted by Crippen LogP contribution is 2.08. The highest BCUT2D eigenvalue weighted by molar-refractivity contribution is 7.09. The van der Waals surface area contributed by atoms with Crippen molar-refractivity contribution in [3.05, 3.63) is 41.0 Å². The lowest BCUT2D eigenvalue weighted by molar-refractivity contribution is 1.02. The van der Waals surface area contributed by atoms with Crippen LogP contribution in [0.15, 0.2) is 23.8 Å². The minimum Gasteiger partial charge on any atom is -0.285 e. The van der Waals surface area contributed by atoms with Crippen LogP contribution in [0.2, 0.25) is 0 Å². The molecule has 0 aliphatic carbocycles. The molecule has 2 aromatic rings. The first-order valence-electron chi connectivity index (χ1n) is 3.66. The summed E-state index contributed by atoms with van der Waals surface area (Å²) in [5.74, 6) is 0. The number of H-pyrrole nitrogens is 1. The van der Waals surface area contributed by atoms with Gasteiger partial charge in [0.15, 0.2) is 0 Å². The largest absolute Gasteiger partial charge is 0.285 e. The Morgan fingerprint density at radius 1 is 1.58 bits per heavy atom. The van der Waals surface area contributed by atoms with E-state index in [0.717, 1.165) is 17.1 Å². The van der Waals surface area contributed by atoms with Gasteiger partial charge in [-0.1, -0.05) is 0 Å². The molecule has 0 fully saturated rings. The predicted octanol–water partition coefficient (Wildman–Crippen LogP) is 1.66. The molecule has 0 saturated carbocycles. The van der Waals surface area contributed by atoms with Crippen molar-refractivity contribution in [1.29, 1.82) is 0 Å². The molecule has 1 N–H and O–H groups in total. The fourth-order valence-corrected chi connectivity index (χ4v) is 1.51. The van der Waals surface area contributed by atoms with Gasteiger partial charge in [-0.25, -0.2) is 4.98 Å². The van der Waals surface area contributed by atoms with Gasteiger partial charge >= 0.3 is 0 Å². The van der Waals surface area contributed by atoms with Crippen molar-refractivity contribution < 1.29 is 0 Å². The maximum absolute atomic E-state index is 4.16. The molecule has 12 heavy (non-hydrogen) atoms. The molecule has 0 bridgehead atoms. The minimum atomic E-state index is 0.864. The van der Waals surface area contributed by atoms with E-state index in [9.17, 15) is 0 Å². The van der Waals surface area contributed by atoms with Gasteiger partial charge in [0.05, 0.1) is 10.7 Å². The molecular formula is C8H8N3S. The van der Waals surface area contributed by atoms with Crippen LogP contribution >= 0.6 is 11.3 Å².